The molecule has 26 heavy (non-hydrogen) atoms. The second-order valence-electron chi connectivity index (χ2n) is 7.60. The van der Waals surface area contributed by atoms with Crippen molar-refractivity contribution < 1.29 is 23.8 Å². The van der Waals surface area contributed by atoms with E-state index in [4.69, 9.17) is 14.2 Å². The molecule has 144 valence electrons. The maximum absolute atomic E-state index is 12.4. The van der Waals surface area contributed by atoms with Crippen LogP contribution in [-0.4, -0.2) is 37.0 Å². The summed E-state index contributed by atoms with van der Waals surface area (Å²) in [6.07, 6.45) is 0.0572. The molecule has 7 heteroatoms. The topological polar surface area (TPSA) is 85.9 Å². The van der Waals surface area contributed by atoms with Gasteiger partial charge in [-0.15, -0.1) is 0 Å². The number of hydrogen-bond acceptors (Lipinski definition) is 5. The van der Waals surface area contributed by atoms with Crippen molar-refractivity contribution in [1.82, 2.24) is 10.6 Å². The van der Waals surface area contributed by atoms with E-state index in [-0.39, 0.29) is 18.6 Å². The third-order valence-corrected chi connectivity index (χ3v) is 3.77. The average Bonchev–Trinajstić information content (AvgIpc) is 2.98. The van der Waals surface area contributed by atoms with Gasteiger partial charge in [-0.25, -0.2) is 4.79 Å². The maximum atomic E-state index is 12.4. The number of carbonyl (C=O) groups is 2. The lowest BCUT2D eigenvalue weighted by Gasteiger charge is -2.25. The molecular formula is C19H28N2O5. The highest BCUT2D eigenvalue weighted by molar-refractivity contribution is 5.85. The number of nitrogens with one attached hydrogen (secondary N) is 2. The minimum atomic E-state index is -0.651. The highest BCUT2D eigenvalue weighted by Gasteiger charge is 2.26. The quantitative estimate of drug-likeness (QED) is 0.810. The van der Waals surface area contributed by atoms with Gasteiger partial charge in [-0.2, -0.15) is 0 Å². The standard InChI is InChI=1S/C19H28N2O5/c1-12(2)16(21-18(23)26-19(3,4)5)17(22)20-9-8-13-6-7-14-15(10-13)25-11-24-14/h6-7,10,12,16H,8-9,11H2,1-5H3,(H,20,22)(H,21,23)/t16-/m1/s1. The fourth-order valence-corrected chi connectivity index (χ4v) is 2.51. The predicted octanol–water partition coefficient (Wildman–Crippen LogP) is 2.62. The maximum Gasteiger partial charge on any atom is 0.408 e. The van der Waals surface area contributed by atoms with Crippen LogP contribution in [0.4, 0.5) is 4.79 Å². The fraction of sp³-hybridized carbons (Fsp3) is 0.579. The van der Waals surface area contributed by atoms with Gasteiger partial charge >= 0.3 is 6.09 Å². The van der Waals surface area contributed by atoms with Crippen LogP contribution in [0.1, 0.15) is 40.2 Å². The molecule has 1 heterocycles. The van der Waals surface area contributed by atoms with Crippen molar-refractivity contribution in [2.75, 3.05) is 13.3 Å². The van der Waals surface area contributed by atoms with Crippen molar-refractivity contribution in [3.63, 3.8) is 0 Å². The van der Waals surface area contributed by atoms with Crippen LogP contribution in [0.5, 0.6) is 11.5 Å². The number of amides is 2. The molecule has 0 aliphatic carbocycles. The van der Waals surface area contributed by atoms with Crippen molar-refractivity contribution >= 4 is 12.0 Å². The molecule has 7 nitrogen and oxygen atoms in total. The van der Waals surface area contributed by atoms with E-state index < -0.39 is 17.7 Å². The van der Waals surface area contributed by atoms with Crippen molar-refractivity contribution in [2.45, 2.75) is 52.7 Å². The number of fused-ring (bicyclic) bond motifs is 1. The van der Waals surface area contributed by atoms with Crippen LogP contribution >= 0.6 is 0 Å². The second-order valence-corrected chi connectivity index (χ2v) is 7.60. The summed E-state index contributed by atoms with van der Waals surface area (Å²) in [6, 6.07) is 5.06. The monoisotopic (exact) mass is 364 g/mol. The Labute approximate surface area is 154 Å². The van der Waals surface area contributed by atoms with Crippen molar-refractivity contribution in [1.29, 1.82) is 0 Å². The first-order valence-electron chi connectivity index (χ1n) is 8.81. The largest absolute Gasteiger partial charge is 0.454 e. The van der Waals surface area contributed by atoms with Gasteiger partial charge in [0.15, 0.2) is 11.5 Å². The van der Waals surface area contributed by atoms with E-state index in [1.54, 1.807) is 20.8 Å². The van der Waals surface area contributed by atoms with E-state index in [0.717, 1.165) is 17.1 Å². The molecule has 0 saturated heterocycles. The molecule has 2 rings (SSSR count). The average molecular weight is 364 g/mol. The van der Waals surface area contributed by atoms with Gasteiger partial charge in [-0.05, 0) is 50.8 Å². The van der Waals surface area contributed by atoms with Gasteiger partial charge in [0.25, 0.3) is 0 Å². The number of benzene rings is 1. The Bertz CT molecular complexity index is 652. The molecule has 0 fully saturated rings. The lowest BCUT2D eigenvalue weighted by Crippen LogP contribution is -2.51. The van der Waals surface area contributed by atoms with Crippen LogP contribution in [0.25, 0.3) is 0 Å². The molecule has 0 bridgehead atoms. The smallest absolute Gasteiger partial charge is 0.408 e. The van der Waals surface area contributed by atoms with Crippen LogP contribution in [0.3, 0.4) is 0 Å². The summed E-state index contributed by atoms with van der Waals surface area (Å²) < 4.78 is 15.9. The molecule has 2 N–H and O–H groups in total. The predicted molar refractivity (Wildman–Crippen MR) is 97.3 cm³/mol. The molecule has 0 saturated carbocycles. The normalized spacial score (nSPS) is 14.1. The third kappa shape index (κ3) is 5.82. The molecule has 0 aromatic heterocycles. The number of ether oxygens (including phenoxy) is 3. The lowest BCUT2D eigenvalue weighted by atomic mass is 10.0. The van der Waals surface area contributed by atoms with Crippen molar-refractivity contribution in [3.05, 3.63) is 23.8 Å². The zero-order valence-corrected chi connectivity index (χ0v) is 16.0. The van der Waals surface area contributed by atoms with Crippen LogP contribution in [-0.2, 0) is 16.0 Å². The number of hydrogen-bond donors (Lipinski definition) is 2. The molecule has 1 aliphatic heterocycles. The van der Waals surface area contributed by atoms with E-state index in [2.05, 4.69) is 10.6 Å². The van der Waals surface area contributed by atoms with Gasteiger partial charge in [0.1, 0.15) is 11.6 Å². The lowest BCUT2D eigenvalue weighted by molar-refractivity contribution is -0.124. The summed E-state index contributed by atoms with van der Waals surface area (Å²) >= 11 is 0. The molecule has 0 spiro atoms. The van der Waals surface area contributed by atoms with E-state index in [0.29, 0.717) is 13.0 Å². The molecule has 0 radical (unpaired) electrons. The van der Waals surface area contributed by atoms with Gasteiger partial charge in [-0.1, -0.05) is 19.9 Å². The van der Waals surface area contributed by atoms with Gasteiger partial charge in [0.05, 0.1) is 0 Å². The Balaban J connectivity index is 1.84. The third-order valence-electron chi connectivity index (χ3n) is 3.77. The molecule has 1 aliphatic rings. The minimum Gasteiger partial charge on any atom is -0.454 e. The van der Waals surface area contributed by atoms with Crippen LogP contribution in [0.15, 0.2) is 18.2 Å². The van der Waals surface area contributed by atoms with Crippen LogP contribution in [0, 0.1) is 5.92 Å². The summed E-state index contributed by atoms with van der Waals surface area (Å²) in [4.78, 5) is 24.4. The second kappa shape index (κ2) is 8.29. The fourth-order valence-electron chi connectivity index (χ4n) is 2.51. The zero-order chi connectivity index (χ0) is 19.3. The summed E-state index contributed by atoms with van der Waals surface area (Å²) in [7, 11) is 0. The van der Waals surface area contributed by atoms with E-state index in [1.165, 1.54) is 0 Å². The summed E-state index contributed by atoms with van der Waals surface area (Å²) in [5.41, 5.74) is 0.428. The van der Waals surface area contributed by atoms with E-state index in [9.17, 15) is 9.59 Å². The molecule has 1 atom stereocenters. The summed E-state index contributed by atoms with van der Waals surface area (Å²) in [5, 5.41) is 5.51. The molecule has 1 aromatic rings. The first kappa shape index (κ1) is 19.9. The van der Waals surface area contributed by atoms with Gasteiger partial charge in [-0.3, -0.25) is 4.79 Å². The Morgan fingerprint density at radius 3 is 2.54 bits per heavy atom. The first-order valence-corrected chi connectivity index (χ1v) is 8.81. The van der Waals surface area contributed by atoms with Gasteiger partial charge < -0.3 is 24.8 Å². The molecular weight excluding hydrogens is 336 g/mol. The summed E-state index contributed by atoms with van der Waals surface area (Å²) in [5.74, 6) is 1.17. The highest BCUT2D eigenvalue weighted by atomic mass is 16.7. The first-order chi connectivity index (χ1) is 12.2. The van der Waals surface area contributed by atoms with E-state index >= 15 is 0 Å². The Kier molecular flexibility index (Phi) is 6.34. The van der Waals surface area contributed by atoms with Crippen molar-refractivity contribution in [2.24, 2.45) is 5.92 Å². The molecule has 1 aromatic carbocycles. The number of carbonyl (C=O) groups excluding carboxylic acids is 2. The van der Waals surface area contributed by atoms with Crippen molar-refractivity contribution in [3.8, 4) is 11.5 Å². The Hall–Kier alpha value is -2.44. The number of alkyl carbamates (subject to hydrolysis) is 1. The zero-order valence-electron chi connectivity index (χ0n) is 16.0. The van der Waals surface area contributed by atoms with Crippen LogP contribution < -0.4 is 20.1 Å². The van der Waals surface area contributed by atoms with Gasteiger partial charge in [0.2, 0.25) is 12.7 Å². The summed E-state index contributed by atoms with van der Waals surface area (Å²) in [6.45, 7) is 9.78. The Morgan fingerprint density at radius 1 is 1.19 bits per heavy atom. The van der Waals surface area contributed by atoms with E-state index in [1.807, 2.05) is 32.0 Å². The van der Waals surface area contributed by atoms with Gasteiger partial charge in [0, 0.05) is 6.54 Å². The molecule has 0 unspecified atom stereocenters. The minimum absolute atomic E-state index is 0.0620. The SMILES string of the molecule is CC(C)[C@@H](NC(=O)OC(C)(C)C)C(=O)NCCc1ccc2c(c1)OCO2. The van der Waals surface area contributed by atoms with Crippen LogP contribution in [0.2, 0.25) is 0 Å². The number of rotatable bonds is 6. The Morgan fingerprint density at radius 2 is 1.88 bits per heavy atom. The highest BCUT2D eigenvalue weighted by Crippen LogP contribution is 2.32. The molecule has 2 amide bonds.